The molecule has 11 nitrogen and oxygen atoms in total. The van der Waals surface area contributed by atoms with Gasteiger partial charge in [0.25, 0.3) is 5.69 Å². The molecule has 0 amide bonds. The molecule has 0 aromatic heterocycles. The number of Topliss-reactive ketones (excluding diaryl/α,β-unsaturated/α-hetero) is 2. The minimum absolute atomic E-state index is 0.0326. The van der Waals surface area contributed by atoms with Crippen LogP contribution in [0.25, 0.3) is 0 Å². The van der Waals surface area contributed by atoms with Crippen molar-refractivity contribution in [1.82, 2.24) is 0 Å². The molecule has 0 atom stereocenters. The number of hydrogen-bond acceptors (Lipinski definition) is 10. The van der Waals surface area contributed by atoms with E-state index in [0.717, 1.165) is 25.7 Å². The van der Waals surface area contributed by atoms with Gasteiger partial charge in [0.05, 0.1) is 21.6 Å². The summed E-state index contributed by atoms with van der Waals surface area (Å²) in [6.07, 6.45) is 5.68. The molecule has 0 unspecified atom stereocenters. The second-order valence-corrected chi connectivity index (χ2v) is 10.3. The number of ketones is 2. The van der Waals surface area contributed by atoms with Crippen molar-refractivity contribution in [2.24, 2.45) is 0 Å². The number of aromatic hydroxyl groups is 2. The zero-order valence-corrected chi connectivity index (χ0v) is 25.1. The van der Waals surface area contributed by atoms with Crippen LogP contribution in [0.15, 0.2) is 24.3 Å². The van der Waals surface area contributed by atoms with Crippen LogP contribution >= 0.6 is 0 Å². The number of non-ortho nitro benzene ring substituents is 1. The molecule has 0 fully saturated rings. The van der Waals surface area contributed by atoms with Crippen LogP contribution in [-0.4, -0.2) is 38.6 Å². The van der Waals surface area contributed by atoms with Crippen molar-refractivity contribution in [2.45, 2.75) is 104 Å². The lowest BCUT2D eigenvalue weighted by molar-refractivity contribution is -0.384. The van der Waals surface area contributed by atoms with Crippen molar-refractivity contribution in [3.05, 3.63) is 56.6 Å². The fraction of sp³-hybridized carbons (Fsp3) is 0.500. The number of nitro benzene ring substituents is 1. The average molecular weight is 600 g/mol. The highest BCUT2D eigenvalue weighted by Crippen LogP contribution is 2.46. The predicted molar refractivity (Wildman–Crippen MR) is 159 cm³/mol. The van der Waals surface area contributed by atoms with Crippen LogP contribution < -0.4 is 4.74 Å². The molecule has 43 heavy (non-hydrogen) atoms. The quantitative estimate of drug-likeness (QED) is 0.0316. The van der Waals surface area contributed by atoms with Crippen LogP contribution in [-0.2, 0) is 16.1 Å². The van der Waals surface area contributed by atoms with E-state index in [-0.39, 0.29) is 31.6 Å². The number of esters is 2. The average Bonchev–Trinajstić information content (AvgIpc) is 2.98. The van der Waals surface area contributed by atoms with Gasteiger partial charge in [-0.25, -0.2) is 4.79 Å². The molecule has 0 saturated carbocycles. The van der Waals surface area contributed by atoms with Crippen LogP contribution in [0.4, 0.5) is 5.69 Å². The fourth-order valence-corrected chi connectivity index (χ4v) is 4.48. The molecular weight excluding hydrogens is 558 g/mol. The summed E-state index contributed by atoms with van der Waals surface area (Å²) >= 11 is 0. The first-order valence-electron chi connectivity index (χ1n) is 14.9. The standard InChI is InChI=1S/C32H41NO10/c1-4-7-10-13-23(34)26-28(32(39)42-20-21-16-18-22(19-17-21)33(40)41)27(24(35)14-11-8-5-2)31(30(38)29(26)37)43-25(36)15-12-9-6-3/h16-19,37-38H,4-15,20H2,1-3H3. The second kappa shape index (κ2) is 17.6. The Morgan fingerprint density at radius 1 is 0.721 bits per heavy atom. The molecule has 0 spiro atoms. The Morgan fingerprint density at radius 3 is 1.74 bits per heavy atom. The van der Waals surface area contributed by atoms with Gasteiger partial charge in [-0.15, -0.1) is 0 Å². The first-order chi connectivity index (χ1) is 20.6. The van der Waals surface area contributed by atoms with Crippen molar-refractivity contribution >= 4 is 29.2 Å². The van der Waals surface area contributed by atoms with Gasteiger partial charge in [0.15, 0.2) is 23.1 Å². The van der Waals surface area contributed by atoms with Gasteiger partial charge in [-0.05, 0) is 37.0 Å². The number of nitro groups is 1. The smallest absolute Gasteiger partial charge is 0.340 e. The van der Waals surface area contributed by atoms with E-state index in [0.29, 0.717) is 37.7 Å². The monoisotopic (exact) mass is 599 g/mol. The lowest BCUT2D eigenvalue weighted by Crippen LogP contribution is -2.21. The molecule has 0 bridgehead atoms. The topological polar surface area (TPSA) is 170 Å². The van der Waals surface area contributed by atoms with Crippen molar-refractivity contribution in [2.75, 3.05) is 0 Å². The third kappa shape index (κ3) is 9.90. The Bertz CT molecular complexity index is 1300. The lowest BCUT2D eigenvalue weighted by atomic mass is 9.89. The van der Waals surface area contributed by atoms with E-state index in [9.17, 15) is 39.5 Å². The predicted octanol–water partition coefficient (Wildman–Crippen LogP) is 7.37. The molecular formula is C32H41NO10. The molecule has 2 aromatic carbocycles. The molecule has 2 rings (SSSR count). The van der Waals surface area contributed by atoms with Crippen LogP contribution in [0.1, 0.15) is 134 Å². The van der Waals surface area contributed by atoms with Crippen molar-refractivity contribution in [3.8, 4) is 17.2 Å². The van der Waals surface area contributed by atoms with Gasteiger partial charge in [0, 0.05) is 31.4 Å². The second-order valence-electron chi connectivity index (χ2n) is 10.3. The van der Waals surface area contributed by atoms with Crippen LogP contribution in [0, 0.1) is 10.1 Å². The van der Waals surface area contributed by atoms with Crippen LogP contribution in [0.2, 0.25) is 0 Å². The molecule has 234 valence electrons. The highest BCUT2D eigenvalue weighted by Gasteiger charge is 2.36. The summed E-state index contributed by atoms with van der Waals surface area (Å²) in [7, 11) is 0. The van der Waals surface area contributed by atoms with E-state index in [1.54, 1.807) is 0 Å². The Morgan fingerprint density at radius 2 is 1.23 bits per heavy atom. The van der Waals surface area contributed by atoms with Gasteiger partial charge in [-0.3, -0.25) is 24.5 Å². The van der Waals surface area contributed by atoms with Crippen LogP contribution in [0.5, 0.6) is 17.2 Å². The summed E-state index contributed by atoms with van der Waals surface area (Å²) in [6.45, 7) is 5.45. The van der Waals surface area contributed by atoms with Gasteiger partial charge < -0.3 is 19.7 Å². The first-order valence-corrected chi connectivity index (χ1v) is 14.9. The molecule has 0 heterocycles. The van der Waals surface area contributed by atoms with E-state index in [2.05, 4.69) is 0 Å². The summed E-state index contributed by atoms with van der Waals surface area (Å²) < 4.78 is 10.8. The number of carbonyl (C=O) groups excluding carboxylic acids is 4. The summed E-state index contributed by atoms with van der Waals surface area (Å²) in [6, 6.07) is 5.24. The number of ether oxygens (including phenoxy) is 2. The maximum atomic E-state index is 13.6. The molecule has 0 radical (unpaired) electrons. The van der Waals surface area contributed by atoms with E-state index in [1.165, 1.54) is 24.3 Å². The number of carbonyl (C=O) groups is 4. The maximum absolute atomic E-state index is 13.6. The molecule has 11 heteroatoms. The van der Waals surface area contributed by atoms with E-state index in [4.69, 9.17) is 9.47 Å². The van der Waals surface area contributed by atoms with E-state index >= 15 is 0 Å². The molecule has 0 aliphatic rings. The largest absolute Gasteiger partial charge is 0.504 e. The van der Waals surface area contributed by atoms with Gasteiger partial charge in [-0.2, -0.15) is 0 Å². The van der Waals surface area contributed by atoms with Crippen molar-refractivity contribution < 1.29 is 43.8 Å². The third-order valence-electron chi connectivity index (χ3n) is 6.90. The number of hydrogen-bond donors (Lipinski definition) is 2. The van der Waals surface area contributed by atoms with Crippen molar-refractivity contribution in [1.29, 1.82) is 0 Å². The highest BCUT2D eigenvalue weighted by atomic mass is 16.6. The van der Waals surface area contributed by atoms with Gasteiger partial charge in [0.2, 0.25) is 5.75 Å². The minimum Gasteiger partial charge on any atom is -0.504 e. The summed E-state index contributed by atoms with van der Waals surface area (Å²) in [5.74, 6) is -5.93. The van der Waals surface area contributed by atoms with Crippen molar-refractivity contribution in [3.63, 3.8) is 0 Å². The zero-order chi connectivity index (χ0) is 31.9. The molecule has 2 N–H and O–H groups in total. The number of nitrogens with zero attached hydrogens (tertiary/aromatic N) is 1. The zero-order valence-electron chi connectivity index (χ0n) is 25.1. The number of phenols is 2. The molecule has 0 saturated heterocycles. The molecule has 2 aromatic rings. The minimum atomic E-state index is -1.16. The van der Waals surface area contributed by atoms with Gasteiger partial charge in [-0.1, -0.05) is 59.3 Å². The number of unbranched alkanes of at least 4 members (excludes halogenated alkanes) is 6. The number of phenolic OH excluding ortho intramolecular Hbond substituents is 2. The SMILES string of the molecule is CCCCCC(=O)Oc1c(O)c(O)c(C(=O)CCCCC)c(C(=O)OCc2ccc([N+](=O)[O-])cc2)c1C(=O)CCCCC. The lowest BCUT2D eigenvalue weighted by Gasteiger charge is -2.20. The Kier molecular flexibility index (Phi) is 14.3. The number of rotatable bonds is 19. The van der Waals surface area contributed by atoms with E-state index < -0.39 is 62.4 Å². The summed E-state index contributed by atoms with van der Waals surface area (Å²) in [5.41, 5.74) is -1.44. The summed E-state index contributed by atoms with van der Waals surface area (Å²) in [4.78, 5) is 63.7. The van der Waals surface area contributed by atoms with Gasteiger partial charge >= 0.3 is 11.9 Å². The Balaban J connectivity index is 2.67. The molecule has 0 aliphatic carbocycles. The Labute approximate surface area is 251 Å². The first kappa shape index (κ1) is 34.9. The van der Waals surface area contributed by atoms with E-state index in [1.807, 2.05) is 20.8 Å². The highest BCUT2D eigenvalue weighted by molar-refractivity contribution is 6.17. The number of benzene rings is 2. The van der Waals surface area contributed by atoms with Crippen LogP contribution in [0.3, 0.4) is 0 Å². The molecule has 0 aliphatic heterocycles. The third-order valence-corrected chi connectivity index (χ3v) is 6.90. The van der Waals surface area contributed by atoms with Gasteiger partial charge in [0.1, 0.15) is 6.61 Å². The fourth-order valence-electron chi connectivity index (χ4n) is 4.48. The summed E-state index contributed by atoms with van der Waals surface area (Å²) in [5, 5.41) is 32.9. The normalized spacial score (nSPS) is 10.8. The Hall–Kier alpha value is -4.28. The maximum Gasteiger partial charge on any atom is 0.340 e.